The van der Waals surface area contributed by atoms with Gasteiger partial charge in [0.25, 0.3) is 0 Å². The van der Waals surface area contributed by atoms with Gasteiger partial charge in [-0.1, -0.05) is 26.8 Å². The van der Waals surface area contributed by atoms with E-state index >= 15 is 0 Å². The Kier molecular flexibility index (Phi) is 3.72. The van der Waals surface area contributed by atoms with E-state index in [1.54, 1.807) is 6.07 Å². The minimum Gasteiger partial charge on any atom is -0.383 e. The monoisotopic (exact) mass is 209 g/mol. The van der Waals surface area contributed by atoms with Gasteiger partial charge in [-0.2, -0.15) is 0 Å². The summed E-state index contributed by atoms with van der Waals surface area (Å²) >= 11 is 0. The predicted octanol–water partition coefficient (Wildman–Crippen LogP) is 3.98. The lowest BCUT2D eigenvalue weighted by molar-refractivity contribution is 0.389. The largest absolute Gasteiger partial charge is 0.383 e. The van der Waals surface area contributed by atoms with Crippen molar-refractivity contribution in [2.24, 2.45) is 5.41 Å². The van der Waals surface area contributed by atoms with Crippen LogP contribution in [0.5, 0.6) is 0 Å². The van der Waals surface area contributed by atoms with Gasteiger partial charge in [-0.15, -0.1) is 0 Å². The minimum absolute atomic E-state index is 0.172. The molecule has 0 saturated heterocycles. The van der Waals surface area contributed by atoms with Gasteiger partial charge in [-0.3, -0.25) is 0 Å². The Hall–Kier alpha value is -1.05. The van der Waals surface area contributed by atoms with Crippen molar-refractivity contribution in [3.05, 3.63) is 29.6 Å². The summed E-state index contributed by atoms with van der Waals surface area (Å²) in [5.41, 5.74) is 1.97. The van der Waals surface area contributed by atoms with Gasteiger partial charge in [0.15, 0.2) is 0 Å². The summed E-state index contributed by atoms with van der Waals surface area (Å²) < 4.78 is 13.3. The molecule has 2 heteroatoms. The first-order valence-electron chi connectivity index (χ1n) is 5.38. The molecule has 0 bridgehead atoms. The lowest BCUT2D eigenvalue weighted by atomic mass is 9.92. The fraction of sp³-hybridized carbons (Fsp3) is 0.538. The zero-order valence-electron chi connectivity index (χ0n) is 10.0. The van der Waals surface area contributed by atoms with Crippen molar-refractivity contribution in [3.63, 3.8) is 0 Å². The summed E-state index contributed by atoms with van der Waals surface area (Å²) in [5.74, 6) is -0.172. The molecule has 0 heterocycles. The maximum Gasteiger partial charge on any atom is 0.146 e. The standard InChI is InChI=1S/C13H20FN/c1-10-5-6-11(14)12(9-10)15-8-7-13(2,3)4/h5-6,9,15H,7-8H2,1-4H3. The third-order valence-electron chi connectivity index (χ3n) is 2.31. The lowest BCUT2D eigenvalue weighted by Gasteiger charge is -2.18. The Labute approximate surface area is 91.7 Å². The Balaban J connectivity index is 2.54. The number of aryl methyl sites for hydroxylation is 1. The van der Waals surface area contributed by atoms with Gasteiger partial charge in [0.2, 0.25) is 0 Å². The molecule has 0 atom stereocenters. The maximum absolute atomic E-state index is 13.3. The van der Waals surface area contributed by atoms with Crippen LogP contribution in [0.3, 0.4) is 0 Å². The van der Waals surface area contributed by atoms with Crippen LogP contribution in [0.1, 0.15) is 32.8 Å². The molecule has 0 saturated carbocycles. The zero-order chi connectivity index (χ0) is 11.5. The first-order valence-corrected chi connectivity index (χ1v) is 5.38. The van der Waals surface area contributed by atoms with Gasteiger partial charge in [0.05, 0.1) is 5.69 Å². The second-order valence-corrected chi connectivity index (χ2v) is 5.22. The summed E-state index contributed by atoms with van der Waals surface area (Å²) in [5, 5.41) is 3.14. The molecule has 0 aliphatic carbocycles. The fourth-order valence-electron chi connectivity index (χ4n) is 1.35. The molecule has 0 fully saturated rings. The van der Waals surface area contributed by atoms with Crippen LogP contribution < -0.4 is 5.32 Å². The number of nitrogens with one attached hydrogen (secondary N) is 1. The van der Waals surface area contributed by atoms with E-state index in [-0.39, 0.29) is 11.2 Å². The van der Waals surface area contributed by atoms with Crippen LogP contribution in [0, 0.1) is 18.2 Å². The van der Waals surface area contributed by atoms with Crippen LogP contribution in [0.2, 0.25) is 0 Å². The molecule has 1 aromatic carbocycles. The Bertz CT molecular complexity index is 326. The lowest BCUT2D eigenvalue weighted by Crippen LogP contribution is -2.13. The molecule has 0 unspecified atom stereocenters. The van der Waals surface area contributed by atoms with Gasteiger partial charge < -0.3 is 5.32 Å². The fourth-order valence-corrected chi connectivity index (χ4v) is 1.35. The highest BCUT2D eigenvalue weighted by atomic mass is 19.1. The highest BCUT2D eigenvalue weighted by Gasteiger charge is 2.09. The molecular weight excluding hydrogens is 189 g/mol. The number of hydrogen-bond donors (Lipinski definition) is 1. The average Bonchev–Trinajstić information content (AvgIpc) is 2.09. The van der Waals surface area contributed by atoms with Crippen molar-refractivity contribution >= 4 is 5.69 Å². The summed E-state index contributed by atoms with van der Waals surface area (Å²) in [6.07, 6.45) is 1.03. The Morgan fingerprint density at radius 2 is 1.93 bits per heavy atom. The number of hydrogen-bond acceptors (Lipinski definition) is 1. The van der Waals surface area contributed by atoms with Gasteiger partial charge in [0, 0.05) is 6.54 Å². The summed E-state index contributed by atoms with van der Waals surface area (Å²) in [7, 11) is 0. The minimum atomic E-state index is -0.172. The van der Waals surface area contributed by atoms with Gasteiger partial charge in [-0.05, 0) is 36.5 Å². The summed E-state index contributed by atoms with van der Waals surface area (Å²) in [6, 6.07) is 5.14. The summed E-state index contributed by atoms with van der Waals surface area (Å²) in [4.78, 5) is 0. The smallest absolute Gasteiger partial charge is 0.146 e. The van der Waals surface area contributed by atoms with E-state index in [9.17, 15) is 4.39 Å². The Morgan fingerprint density at radius 3 is 2.53 bits per heavy atom. The molecule has 0 aliphatic rings. The van der Waals surface area contributed by atoms with Crippen LogP contribution in [-0.2, 0) is 0 Å². The quantitative estimate of drug-likeness (QED) is 0.794. The van der Waals surface area contributed by atoms with Crippen molar-refractivity contribution < 1.29 is 4.39 Å². The predicted molar refractivity (Wildman–Crippen MR) is 63.7 cm³/mol. The van der Waals surface area contributed by atoms with Crippen molar-refractivity contribution in [2.75, 3.05) is 11.9 Å². The SMILES string of the molecule is Cc1ccc(F)c(NCCC(C)(C)C)c1. The molecule has 1 rings (SSSR count). The second-order valence-electron chi connectivity index (χ2n) is 5.22. The second kappa shape index (κ2) is 4.65. The number of anilines is 1. The first-order chi connectivity index (χ1) is 6.88. The van der Waals surface area contributed by atoms with Crippen LogP contribution in [0.25, 0.3) is 0 Å². The Morgan fingerprint density at radius 1 is 1.27 bits per heavy atom. The maximum atomic E-state index is 13.3. The molecule has 0 spiro atoms. The van der Waals surface area contributed by atoms with Crippen molar-refractivity contribution in [1.29, 1.82) is 0 Å². The van der Waals surface area contributed by atoms with Crippen LogP contribution in [0.4, 0.5) is 10.1 Å². The molecule has 1 N–H and O–H groups in total. The highest BCUT2D eigenvalue weighted by molar-refractivity contribution is 5.46. The zero-order valence-corrected chi connectivity index (χ0v) is 10.0. The van der Waals surface area contributed by atoms with E-state index in [4.69, 9.17) is 0 Å². The van der Waals surface area contributed by atoms with Crippen molar-refractivity contribution in [2.45, 2.75) is 34.1 Å². The molecule has 0 radical (unpaired) electrons. The van der Waals surface area contributed by atoms with E-state index in [0.29, 0.717) is 5.69 Å². The van der Waals surface area contributed by atoms with E-state index < -0.39 is 0 Å². The van der Waals surface area contributed by atoms with Crippen molar-refractivity contribution in [3.8, 4) is 0 Å². The topological polar surface area (TPSA) is 12.0 Å². The summed E-state index contributed by atoms with van der Waals surface area (Å²) in [6.45, 7) is 9.32. The molecule has 0 amide bonds. The van der Waals surface area contributed by atoms with E-state index in [1.165, 1.54) is 6.07 Å². The molecule has 1 aromatic rings. The van der Waals surface area contributed by atoms with Gasteiger partial charge >= 0.3 is 0 Å². The molecule has 0 aromatic heterocycles. The van der Waals surface area contributed by atoms with Crippen LogP contribution in [0.15, 0.2) is 18.2 Å². The molecule has 0 aliphatic heterocycles. The van der Waals surface area contributed by atoms with Crippen LogP contribution >= 0.6 is 0 Å². The first kappa shape index (κ1) is 12.0. The highest BCUT2D eigenvalue weighted by Crippen LogP contribution is 2.20. The average molecular weight is 209 g/mol. The number of rotatable bonds is 3. The van der Waals surface area contributed by atoms with E-state index in [1.807, 2.05) is 13.0 Å². The number of benzene rings is 1. The molecule has 84 valence electrons. The molecule has 1 nitrogen and oxygen atoms in total. The van der Waals surface area contributed by atoms with Crippen molar-refractivity contribution in [1.82, 2.24) is 0 Å². The van der Waals surface area contributed by atoms with Gasteiger partial charge in [0.1, 0.15) is 5.82 Å². The van der Waals surface area contributed by atoms with Crippen LogP contribution in [-0.4, -0.2) is 6.54 Å². The molecular formula is C13H20FN. The third kappa shape index (κ3) is 4.32. The van der Waals surface area contributed by atoms with E-state index in [2.05, 4.69) is 26.1 Å². The van der Waals surface area contributed by atoms with Gasteiger partial charge in [-0.25, -0.2) is 4.39 Å². The third-order valence-corrected chi connectivity index (χ3v) is 2.31. The normalized spacial score (nSPS) is 11.5. The number of halogens is 1. The van der Waals surface area contributed by atoms with E-state index in [0.717, 1.165) is 18.5 Å². The molecule has 15 heavy (non-hydrogen) atoms.